The number of carbonyl (C=O) groups is 3. The normalized spacial score (nSPS) is 16.2. The summed E-state index contributed by atoms with van der Waals surface area (Å²) in [5, 5.41) is 5.19. The molecule has 1 fully saturated rings. The van der Waals surface area contributed by atoms with Gasteiger partial charge in [-0.15, -0.1) is 0 Å². The zero-order valence-electron chi connectivity index (χ0n) is 13.2. The van der Waals surface area contributed by atoms with Gasteiger partial charge in [0.2, 0.25) is 6.79 Å². The van der Waals surface area contributed by atoms with E-state index < -0.39 is 18.0 Å². The summed E-state index contributed by atoms with van der Waals surface area (Å²) >= 11 is 0. The maximum absolute atomic E-state index is 12.0. The molecule has 1 aliphatic heterocycles. The minimum atomic E-state index is -0.888. The number of hydrogen-bond donors (Lipinski definition) is 2. The Morgan fingerprint density at radius 3 is 2.75 bits per heavy atom. The highest BCUT2D eigenvalue weighted by Gasteiger charge is 2.27. The van der Waals surface area contributed by atoms with E-state index in [0.717, 1.165) is 12.8 Å². The highest BCUT2D eigenvalue weighted by molar-refractivity contribution is 5.96. The van der Waals surface area contributed by atoms with Crippen molar-refractivity contribution in [3.8, 4) is 11.5 Å². The molecule has 0 aromatic heterocycles. The van der Waals surface area contributed by atoms with Crippen LogP contribution in [0.5, 0.6) is 11.5 Å². The fraction of sp³-hybridized carbons (Fsp3) is 0.438. The average molecular weight is 334 g/mol. The molecule has 2 aliphatic rings. The van der Waals surface area contributed by atoms with Crippen LogP contribution in [0.1, 0.15) is 30.1 Å². The molecule has 8 nitrogen and oxygen atoms in total. The summed E-state index contributed by atoms with van der Waals surface area (Å²) in [5.74, 6) is -0.395. The molecular weight excluding hydrogens is 316 g/mol. The third-order valence-electron chi connectivity index (χ3n) is 3.63. The molecule has 2 amide bonds. The summed E-state index contributed by atoms with van der Waals surface area (Å²) in [4.78, 5) is 35.4. The summed E-state index contributed by atoms with van der Waals surface area (Å²) in [7, 11) is 0. The molecule has 1 heterocycles. The lowest BCUT2D eigenvalue weighted by Crippen LogP contribution is -2.39. The van der Waals surface area contributed by atoms with Gasteiger partial charge in [-0.2, -0.15) is 0 Å². The first-order valence-electron chi connectivity index (χ1n) is 7.70. The number of ether oxygens (including phenoxy) is 3. The van der Waals surface area contributed by atoms with Crippen LogP contribution in [0.15, 0.2) is 18.2 Å². The second-order valence-electron chi connectivity index (χ2n) is 5.67. The second kappa shape index (κ2) is 6.77. The molecule has 1 saturated carbocycles. The van der Waals surface area contributed by atoms with Crippen LogP contribution in [0.4, 0.5) is 0 Å². The van der Waals surface area contributed by atoms with Crippen LogP contribution < -0.4 is 20.1 Å². The van der Waals surface area contributed by atoms with Crippen LogP contribution >= 0.6 is 0 Å². The Balaban J connectivity index is 1.45. The van der Waals surface area contributed by atoms with E-state index in [1.807, 2.05) is 0 Å². The maximum Gasteiger partial charge on any atom is 0.326 e. The Kier molecular flexibility index (Phi) is 4.54. The summed E-state index contributed by atoms with van der Waals surface area (Å²) in [5.41, 5.74) is 0.339. The number of fused-ring (bicyclic) bond motifs is 1. The lowest BCUT2D eigenvalue weighted by atomic mass is 10.2. The van der Waals surface area contributed by atoms with Crippen LogP contribution in [-0.4, -0.2) is 43.3 Å². The SMILES string of the molecule is C[C@@H](OC(=O)CNC(=O)c1ccc2c(c1)OCO2)C(=O)NC1CC1. The number of nitrogens with one attached hydrogen (secondary N) is 2. The van der Waals surface area contributed by atoms with Crippen molar-refractivity contribution in [2.75, 3.05) is 13.3 Å². The first-order chi connectivity index (χ1) is 11.5. The molecule has 8 heteroatoms. The fourth-order valence-corrected chi connectivity index (χ4v) is 2.13. The summed E-state index contributed by atoms with van der Waals surface area (Å²) in [6, 6.07) is 4.93. The van der Waals surface area contributed by atoms with Gasteiger partial charge in [0.15, 0.2) is 17.6 Å². The minimum Gasteiger partial charge on any atom is -0.454 e. The van der Waals surface area contributed by atoms with Gasteiger partial charge < -0.3 is 24.8 Å². The number of carbonyl (C=O) groups excluding carboxylic acids is 3. The first kappa shape index (κ1) is 16.1. The topological polar surface area (TPSA) is 103 Å². The lowest BCUT2D eigenvalue weighted by Gasteiger charge is -2.13. The van der Waals surface area contributed by atoms with Crippen molar-refractivity contribution in [3.05, 3.63) is 23.8 Å². The van der Waals surface area contributed by atoms with Gasteiger partial charge >= 0.3 is 5.97 Å². The molecule has 1 aromatic rings. The van der Waals surface area contributed by atoms with Gasteiger partial charge in [-0.05, 0) is 38.0 Å². The second-order valence-corrected chi connectivity index (χ2v) is 5.67. The zero-order valence-corrected chi connectivity index (χ0v) is 13.2. The van der Waals surface area contributed by atoms with Crippen molar-refractivity contribution in [1.29, 1.82) is 0 Å². The van der Waals surface area contributed by atoms with Gasteiger partial charge in [-0.3, -0.25) is 14.4 Å². The summed E-state index contributed by atoms with van der Waals surface area (Å²) in [6.07, 6.45) is 1.02. The van der Waals surface area contributed by atoms with Crippen molar-refractivity contribution >= 4 is 17.8 Å². The van der Waals surface area contributed by atoms with Crippen molar-refractivity contribution in [2.24, 2.45) is 0 Å². The van der Waals surface area contributed by atoms with Gasteiger partial charge in [-0.1, -0.05) is 0 Å². The third-order valence-corrected chi connectivity index (χ3v) is 3.63. The molecule has 1 aromatic carbocycles. The van der Waals surface area contributed by atoms with Crippen molar-refractivity contribution in [3.63, 3.8) is 0 Å². The van der Waals surface area contributed by atoms with Crippen molar-refractivity contribution in [1.82, 2.24) is 10.6 Å². The van der Waals surface area contributed by atoms with Gasteiger partial charge in [0.05, 0.1) is 0 Å². The predicted molar refractivity (Wildman–Crippen MR) is 81.6 cm³/mol. The Morgan fingerprint density at radius 1 is 1.25 bits per heavy atom. The van der Waals surface area contributed by atoms with Crippen molar-refractivity contribution in [2.45, 2.75) is 31.9 Å². The molecule has 2 N–H and O–H groups in total. The van der Waals surface area contributed by atoms with Gasteiger partial charge in [-0.25, -0.2) is 0 Å². The Hall–Kier alpha value is -2.77. The molecular formula is C16H18N2O6. The fourth-order valence-electron chi connectivity index (χ4n) is 2.13. The summed E-state index contributed by atoms with van der Waals surface area (Å²) < 4.78 is 15.3. The van der Waals surface area contributed by atoms with E-state index >= 15 is 0 Å². The molecule has 1 aliphatic carbocycles. The van der Waals surface area contributed by atoms with E-state index in [0.29, 0.717) is 17.1 Å². The van der Waals surface area contributed by atoms with E-state index in [1.54, 1.807) is 12.1 Å². The summed E-state index contributed by atoms with van der Waals surface area (Å²) in [6.45, 7) is 1.29. The van der Waals surface area contributed by atoms with E-state index in [4.69, 9.17) is 14.2 Å². The Morgan fingerprint density at radius 2 is 2.00 bits per heavy atom. The number of esters is 1. The molecule has 3 rings (SSSR count). The highest BCUT2D eigenvalue weighted by atomic mass is 16.7. The largest absolute Gasteiger partial charge is 0.454 e. The van der Waals surface area contributed by atoms with Crippen LogP contribution in [0.25, 0.3) is 0 Å². The van der Waals surface area contributed by atoms with E-state index in [-0.39, 0.29) is 25.3 Å². The van der Waals surface area contributed by atoms with E-state index in [1.165, 1.54) is 13.0 Å². The van der Waals surface area contributed by atoms with Crippen molar-refractivity contribution < 1.29 is 28.6 Å². The number of amides is 2. The van der Waals surface area contributed by atoms with Crippen LogP contribution in [0, 0.1) is 0 Å². The number of benzene rings is 1. The molecule has 0 bridgehead atoms. The zero-order chi connectivity index (χ0) is 17.1. The highest BCUT2D eigenvalue weighted by Crippen LogP contribution is 2.32. The molecule has 0 radical (unpaired) electrons. The smallest absolute Gasteiger partial charge is 0.326 e. The van der Waals surface area contributed by atoms with Gasteiger partial charge in [0, 0.05) is 11.6 Å². The molecule has 24 heavy (non-hydrogen) atoms. The molecule has 0 saturated heterocycles. The maximum atomic E-state index is 12.0. The Bertz CT molecular complexity index is 671. The average Bonchev–Trinajstić information content (AvgIpc) is 3.25. The van der Waals surface area contributed by atoms with E-state index in [2.05, 4.69) is 10.6 Å². The van der Waals surface area contributed by atoms with Crippen LogP contribution in [0.3, 0.4) is 0 Å². The lowest BCUT2D eigenvalue weighted by molar-refractivity contribution is -0.153. The molecule has 0 unspecified atom stereocenters. The third kappa shape index (κ3) is 3.95. The van der Waals surface area contributed by atoms with Gasteiger partial charge in [0.25, 0.3) is 11.8 Å². The standard InChI is InChI=1S/C16H18N2O6/c1-9(15(20)18-11-3-4-11)24-14(19)7-17-16(21)10-2-5-12-13(6-10)23-8-22-12/h2,5-6,9,11H,3-4,7-8H2,1H3,(H,17,21)(H,18,20)/t9-/m1/s1. The van der Waals surface area contributed by atoms with Crippen LogP contribution in [0.2, 0.25) is 0 Å². The monoisotopic (exact) mass is 334 g/mol. The predicted octanol–water partition coefficient (Wildman–Crippen LogP) is 0.355. The quantitative estimate of drug-likeness (QED) is 0.728. The minimum absolute atomic E-state index is 0.119. The first-order valence-corrected chi connectivity index (χ1v) is 7.70. The Labute approximate surface area is 138 Å². The van der Waals surface area contributed by atoms with E-state index in [9.17, 15) is 14.4 Å². The van der Waals surface area contributed by atoms with Crippen LogP contribution in [-0.2, 0) is 14.3 Å². The van der Waals surface area contributed by atoms with Gasteiger partial charge in [0.1, 0.15) is 6.54 Å². The molecule has 128 valence electrons. The molecule has 0 spiro atoms. The molecule has 1 atom stereocenters. The number of rotatable bonds is 6. The number of hydrogen-bond acceptors (Lipinski definition) is 6.